The van der Waals surface area contributed by atoms with Crippen LogP contribution >= 0.6 is 11.6 Å². The number of halogens is 2. The van der Waals surface area contributed by atoms with Gasteiger partial charge in [-0.15, -0.1) is 0 Å². The molecule has 0 aliphatic heterocycles. The molecule has 1 aromatic carbocycles. The van der Waals surface area contributed by atoms with Gasteiger partial charge in [0, 0.05) is 18.2 Å². The molecule has 1 atom stereocenters. The average Bonchev–Trinajstić information content (AvgIpc) is 3.20. The first-order chi connectivity index (χ1) is 10.2. The normalized spacial score (nSPS) is 16.4. The van der Waals surface area contributed by atoms with E-state index >= 15 is 0 Å². The lowest BCUT2D eigenvalue weighted by atomic mass is 10.0. The summed E-state index contributed by atoms with van der Waals surface area (Å²) in [7, 11) is 0. The standard InChI is InChI=1S/C16H18ClFN2O/c17-14-5-1-4-13(16(14)18)15(9-19)20(11-6-7-11)10-12-3-2-8-21-12/h1-5,8,11,15H,6-7,9-10,19H2. The molecule has 1 heterocycles. The Hall–Kier alpha value is -1.36. The first-order valence-corrected chi connectivity index (χ1v) is 7.50. The summed E-state index contributed by atoms with van der Waals surface area (Å²) in [5.74, 6) is 0.488. The minimum absolute atomic E-state index is 0.139. The summed E-state index contributed by atoms with van der Waals surface area (Å²) in [6.45, 7) is 0.972. The van der Waals surface area contributed by atoms with E-state index in [2.05, 4.69) is 4.90 Å². The van der Waals surface area contributed by atoms with E-state index < -0.39 is 0 Å². The van der Waals surface area contributed by atoms with Crippen molar-refractivity contribution >= 4 is 11.6 Å². The van der Waals surface area contributed by atoms with E-state index in [0.717, 1.165) is 18.6 Å². The van der Waals surface area contributed by atoms with Crippen LogP contribution in [0.2, 0.25) is 5.02 Å². The molecule has 0 spiro atoms. The quantitative estimate of drug-likeness (QED) is 0.884. The van der Waals surface area contributed by atoms with Gasteiger partial charge in [0.15, 0.2) is 0 Å². The van der Waals surface area contributed by atoms with Crippen LogP contribution in [0.15, 0.2) is 41.0 Å². The van der Waals surface area contributed by atoms with E-state index in [4.69, 9.17) is 21.8 Å². The third-order valence-corrected chi connectivity index (χ3v) is 4.19. The van der Waals surface area contributed by atoms with Crippen LogP contribution in [0.1, 0.15) is 30.2 Å². The van der Waals surface area contributed by atoms with Crippen molar-refractivity contribution in [3.05, 3.63) is 58.8 Å². The summed E-state index contributed by atoms with van der Waals surface area (Å²) in [6.07, 6.45) is 3.87. The Morgan fingerprint density at radius 3 is 2.76 bits per heavy atom. The maximum Gasteiger partial charge on any atom is 0.146 e. The highest BCUT2D eigenvalue weighted by atomic mass is 35.5. The predicted molar refractivity (Wildman–Crippen MR) is 80.5 cm³/mol. The third-order valence-electron chi connectivity index (χ3n) is 3.90. The Morgan fingerprint density at radius 2 is 2.14 bits per heavy atom. The largest absolute Gasteiger partial charge is 0.468 e. The second-order valence-corrected chi connectivity index (χ2v) is 5.78. The zero-order chi connectivity index (χ0) is 14.8. The van der Waals surface area contributed by atoms with Gasteiger partial charge in [0.1, 0.15) is 11.6 Å². The van der Waals surface area contributed by atoms with E-state index in [9.17, 15) is 4.39 Å². The van der Waals surface area contributed by atoms with Crippen molar-refractivity contribution in [1.29, 1.82) is 0 Å². The topological polar surface area (TPSA) is 42.4 Å². The van der Waals surface area contributed by atoms with Gasteiger partial charge < -0.3 is 10.2 Å². The number of hydrogen-bond acceptors (Lipinski definition) is 3. The number of nitrogens with zero attached hydrogens (tertiary/aromatic N) is 1. The summed E-state index contributed by atoms with van der Waals surface area (Å²) >= 11 is 5.90. The molecule has 0 radical (unpaired) electrons. The summed E-state index contributed by atoms with van der Waals surface area (Å²) in [4.78, 5) is 2.22. The smallest absolute Gasteiger partial charge is 0.146 e. The first-order valence-electron chi connectivity index (χ1n) is 7.12. The predicted octanol–water partition coefficient (Wildman–Crippen LogP) is 3.74. The molecule has 0 bridgehead atoms. The van der Waals surface area contributed by atoms with Crippen molar-refractivity contribution in [3.63, 3.8) is 0 Å². The molecular formula is C16H18ClFN2O. The second kappa shape index (κ2) is 6.18. The molecule has 3 nitrogen and oxygen atoms in total. The molecule has 1 fully saturated rings. The molecule has 1 aromatic heterocycles. The number of furan rings is 1. The van der Waals surface area contributed by atoms with Crippen LogP contribution in [-0.4, -0.2) is 17.5 Å². The van der Waals surface area contributed by atoms with Crippen LogP contribution in [0, 0.1) is 5.82 Å². The highest BCUT2D eigenvalue weighted by molar-refractivity contribution is 6.30. The fourth-order valence-corrected chi connectivity index (χ4v) is 2.88. The van der Waals surface area contributed by atoms with Crippen molar-refractivity contribution in [2.45, 2.75) is 31.5 Å². The Kier molecular flexibility index (Phi) is 4.29. The highest BCUT2D eigenvalue weighted by Crippen LogP contribution is 2.37. The van der Waals surface area contributed by atoms with Gasteiger partial charge in [-0.1, -0.05) is 23.7 Å². The second-order valence-electron chi connectivity index (χ2n) is 5.38. The molecule has 1 aliphatic rings. The molecule has 0 amide bonds. The van der Waals surface area contributed by atoms with Gasteiger partial charge in [-0.25, -0.2) is 4.39 Å². The van der Waals surface area contributed by atoms with Gasteiger partial charge in [0.2, 0.25) is 0 Å². The molecule has 112 valence electrons. The van der Waals surface area contributed by atoms with E-state index in [0.29, 0.717) is 24.7 Å². The molecule has 0 saturated heterocycles. The summed E-state index contributed by atoms with van der Waals surface area (Å²) in [5.41, 5.74) is 6.50. The van der Waals surface area contributed by atoms with Crippen molar-refractivity contribution < 1.29 is 8.81 Å². The van der Waals surface area contributed by atoms with Crippen LogP contribution in [0.4, 0.5) is 4.39 Å². The van der Waals surface area contributed by atoms with Gasteiger partial charge in [0.05, 0.1) is 23.9 Å². The van der Waals surface area contributed by atoms with E-state index in [1.807, 2.05) is 12.1 Å². The molecule has 1 saturated carbocycles. The van der Waals surface area contributed by atoms with Crippen molar-refractivity contribution in [2.24, 2.45) is 5.73 Å². The maximum absolute atomic E-state index is 14.3. The first kappa shape index (κ1) is 14.6. The number of benzene rings is 1. The van der Waals surface area contributed by atoms with Crippen LogP contribution < -0.4 is 5.73 Å². The van der Waals surface area contributed by atoms with Gasteiger partial charge in [-0.2, -0.15) is 0 Å². The van der Waals surface area contributed by atoms with Gasteiger partial charge in [0.25, 0.3) is 0 Å². The SMILES string of the molecule is NCC(c1cccc(Cl)c1F)N(Cc1ccco1)C1CC1. The average molecular weight is 309 g/mol. The van der Waals surface area contributed by atoms with Crippen molar-refractivity contribution in [1.82, 2.24) is 4.90 Å². The number of nitrogens with two attached hydrogens (primary N) is 1. The van der Waals surface area contributed by atoms with Crippen LogP contribution in [-0.2, 0) is 6.54 Å². The van der Waals surface area contributed by atoms with Crippen molar-refractivity contribution in [3.8, 4) is 0 Å². The Labute approximate surface area is 128 Å². The highest BCUT2D eigenvalue weighted by Gasteiger charge is 2.35. The van der Waals surface area contributed by atoms with Gasteiger partial charge in [-0.05, 0) is 31.0 Å². The molecule has 2 N–H and O–H groups in total. The zero-order valence-electron chi connectivity index (χ0n) is 11.6. The number of rotatable bonds is 6. The lowest BCUT2D eigenvalue weighted by Gasteiger charge is -2.31. The summed E-state index contributed by atoms with van der Waals surface area (Å²) in [6, 6.07) is 9.11. The van der Waals surface area contributed by atoms with Crippen LogP contribution in [0.3, 0.4) is 0 Å². The molecule has 3 rings (SSSR count). The Bertz CT molecular complexity index is 598. The van der Waals surface area contributed by atoms with E-state index in [1.54, 1.807) is 24.5 Å². The van der Waals surface area contributed by atoms with Gasteiger partial charge in [-0.3, -0.25) is 4.90 Å². The minimum atomic E-state index is -0.375. The monoisotopic (exact) mass is 308 g/mol. The molecule has 1 aliphatic carbocycles. The fraction of sp³-hybridized carbons (Fsp3) is 0.375. The van der Waals surface area contributed by atoms with Crippen molar-refractivity contribution in [2.75, 3.05) is 6.54 Å². The third kappa shape index (κ3) is 3.12. The van der Waals surface area contributed by atoms with E-state index in [-0.39, 0.29) is 16.9 Å². The van der Waals surface area contributed by atoms with E-state index in [1.165, 1.54) is 0 Å². The van der Waals surface area contributed by atoms with Crippen LogP contribution in [0.5, 0.6) is 0 Å². The minimum Gasteiger partial charge on any atom is -0.468 e. The lowest BCUT2D eigenvalue weighted by Crippen LogP contribution is -2.35. The number of hydrogen-bond donors (Lipinski definition) is 1. The summed E-state index contributed by atoms with van der Waals surface area (Å²) in [5, 5.41) is 0.139. The fourth-order valence-electron chi connectivity index (χ4n) is 2.70. The van der Waals surface area contributed by atoms with Crippen LogP contribution in [0.25, 0.3) is 0 Å². The maximum atomic E-state index is 14.3. The molecule has 5 heteroatoms. The molecular weight excluding hydrogens is 291 g/mol. The Balaban J connectivity index is 1.90. The zero-order valence-corrected chi connectivity index (χ0v) is 12.4. The molecule has 21 heavy (non-hydrogen) atoms. The Morgan fingerprint density at radius 1 is 1.33 bits per heavy atom. The van der Waals surface area contributed by atoms with Gasteiger partial charge >= 0.3 is 0 Å². The lowest BCUT2D eigenvalue weighted by molar-refractivity contribution is 0.165. The molecule has 2 aromatic rings. The summed E-state index contributed by atoms with van der Waals surface area (Å²) < 4.78 is 19.7. The molecule has 1 unspecified atom stereocenters.